The molecule has 2 N–H and O–H groups in total. The third-order valence-corrected chi connectivity index (χ3v) is 4.79. The Bertz CT molecular complexity index is 594. The van der Waals surface area contributed by atoms with Crippen molar-refractivity contribution in [2.75, 3.05) is 0 Å². The highest BCUT2D eigenvalue weighted by molar-refractivity contribution is 5.96. The van der Waals surface area contributed by atoms with E-state index in [4.69, 9.17) is 0 Å². The zero-order chi connectivity index (χ0) is 17.2. The van der Waals surface area contributed by atoms with Crippen LogP contribution in [-0.4, -0.2) is 32.3 Å². The monoisotopic (exact) mass is 321 g/mol. The molecule has 0 radical (unpaired) electrons. The number of nitrogens with one attached hydrogen (secondary N) is 1. The first-order valence-electron chi connectivity index (χ1n) is 8.32. The molecule has 1 aromatic rings. The number of aliphatic carboxylic acids is 1. The highest BCUT2D eigenvalue weighted by Crippen LogP contribution is 2.34. The molecule has 0 aromatic carbocycles. The molecule has 0 bridgehead atoms. The second kappa shape index (κ2) is 6.72. The molecule has 1 heterocycles. The molecule has 1 aromatic heterocycles. The number of amides is 1. The van der Waals surface area contributed by atoms with Crippen LogP contribution in [0, 0.1) is 18.8 Å². The number of hydrogen-bond acceptors (Lipinski definition) is 3. The van der Waals surface area contributed by atoms with E-state index < -0.39 is 17.4 Å². The van der Waals surface area contributed by atoms with Gasteiger partial charge in [-0.2, -0.15) is 5.10 Å². The molecule has 1 saturated carbocycles. The first kappa shape index (κ1) is 17.5. The van der Waals surface area contributed by atoms with Crippen LogP contribution in [0.25, 0.3) is 0 Å². The van der Waals surface area contributed by atoms with Crippen LogP contribution in [0.2, 0.25) is 0 Å². The zero-order valence-electron chi connectivity index (χ0n) is 14.4. The Balaban J connectivity index is 2.17. The Hall–Kier alpha value is -1.85. The molecule has 0 spiro atoms. The van der Waals surface area contributed by atoms with Crippen molar-refractivity contribution in [1.82, 2.24) is 15.1 Å². The van der Waals surface area contributed by atoms with Crippen molar-refractivity contribution in [2.24, 2.45) is 11.8 Å². The van der Waals surface area contributed by atoms with Gasteiger partial charge in [-0.25, -0.2) is 0 Å². The highest BCUT2D eigenvalue weighted by Gasteiger charge is 2.42. The van der Waals surface area contributed by atoms with Crippen molar-refractivity contribution in [2.45, 2.75) is 65.5 Å². The van der Waals surface area contributed by atoms with Crippen molar-refractivity contribution < 1.29 is 14.7 Å². The fourth-order valence-corrected chi connectivity index (χ4v) is 3.41. The quantitative estimate of drug-likeness (QED) is 0.873. The summed E-state index contributed by atoms with van der Waals surface area (Å²) in [6, 6.07) is 0. The van der Waals surface area contributed by atoms with E-state index in [2.05, 4.69) is 24.3 Å². The van der Waals surface area contributed by atoms with Crippen LogP contribution in [-0.2, 0) is 11.3 Å². The Morgan fingerprint density at radius 2 is 2.17 bits per heavy atom. The minimum atomic E-state index is -0.834. The van der Waals surface area contributed by atoms with Gasteiger partial charge in [0.2, 0.25) is 0 Å². The van der Waals surface area contributed by atoms with Gasteiger partial charge < -0.3 is 10.4 Å². The van der Waals surface area contributed by atoms with Crippen molar-refractivity contribution in [3.63, 3.8) is 0 Å². The molecule has 6 nitrogen and oxygen atoms in total. The lowest BCUT2D eigenvalue weighted by molar-refractivity contribution is -0.145. The van der Waals surface area contributed by atoms with Crippen molar-refractivity contribution in [1.29, 1.82) is 0 Å². The highest BCUT2D eigenvalue weighted by atomic mass is 16.4. The predicted octanol–water partition coefficient (Wildman–Crippen LogP) is 2.61. The van der Waals surface area contributed by atoms with Crippen LogP contribution in [0.15, 0.2) is 6.20 Å². The third kappa shape index (κ3) is 3.74. The molecule has 2 unspecified atom stereocenters. The van der Waals surface area contributed by atoms with Gasteiger partial charge >= 0.3 is 5.97 Å². The van der Waals surface area contributed by atoms with Gasteiger partial charge in [-0.15, -0.1) is 0 Å². The van der Waals surface area contributed by atoms with Crippen molar-refractivity contribution in [3.05, 3.63) is 17.5 Å². The van der Waals surface area contributed by atoms with Gasteiger partial charge in [-0.1, -0.05) is 26.7 Å². The second-order valence-corrected chi connectivity index (χ2v) is 7.23. The molecule has 1 amide bonds. The summed E-state index contributed by atoms with van der Waals surface area (Å²) >= 11 is 0. The number of carbonyl (C=O) groups is 2. The Morgan fingerprint density at radius 3 is 2.78 bits per heavy atom. The molecule has 6 heteroatoms. The molecule has 1 aliphatic rings. The van der Waals surface area contributed by atoms with Gasteiger partial charge in [-0.05, 0) is 32.6 Å². The number of carboxylic acid groups (broad SMARTS) is 1. The summed E-state index contributed by atoms with van der Waals surface area (Å²) in [6.45, 7) is 8.68. The van der Waals surface area contributed by atoms with Crippen LogP contribution >= 0.6 is 0 Å². The fraction of sp³-hybridized carbons (Fsp3) is 0.706. The summed E-state index contributed by atoms with van der Waals surface area (Å²) in [6.07, 6.45) is 4.71. The summed E-state index contributed by atoms with van der Waals surface area (Å²) in [4.78, 5) is 24.2. The summed E-state index contributed by atoms with van der Waals surface area (Å²) in [5.74, 6) is -1.16. The molecule has 1 aliphatic carbocycles. The average molecular weight is 321 g/mol. The van der Waals surface area contributed by atoms with Crippen LogP contribution in [0.4, 0.5) is 0 Å². The molecule has 2 atom stereocenters. The molecule has 0 saturated heterocycles. The lowest BCUT2D eigenvalue weighted by Crippen LogP contribution is -2.55. The molecular formula is C17H27N3O3. The number of hydrogen-bond donors (Lipinski definition) is 2. The van der Waals surface area contributed by atoms with E-state index in [0.29, 0.717) is 24.3 Å². The maximum atomic E-state index is 12.6. The van der Waals surface area contributed by atoms with Gasteiger partial charge in [0, 0.05) is 12.2 Å². The number of aromatic nitrogens is 2. The summed E-state index contributed by atoms with van der Waals surface area (Å²) in [5, 5.41) is 16.7. The fourth-order valence-electron chi connectivity index (χ4n) is 3.41. The lowest BCUT2D eigenvalue weighted by Gasteiger charge is -2.39. The van der Waals surface area contributed by atoms with E-state index in [9.17, 15) is 14.7 Å². The van der Waals surface area contributed by atoms with Gasteiger partial charge in [-0.3, -0.25) is 14.3 Å². The summed E-state index contributed by atoms with van der Waals surface area (Å²) in [7, 11) is 0. The zero-order valence-corrected chi connectivity index (χ0v) is 14.4. The van der Waals surface area contributed by atoms with Crippen LogP contribution in [0.1, 0.15) is 62.5 Å². The topological polar surface area (TPSA) is 84.2 Å². The van der Waals surface area contributed by atoms with E-state index in [1.54, 1.807) is 6.20 Å². The minimum Gasteiger partial charge on any atom is -0.481 e. The number of nitrogens with zero attached hydrogens (tertiary/aromatic N) is 2. The summed E-state index contributed by atoms with van der Waals surface area (Å²) < 4.78 is 1.83. The average Bonchev–Trinajstić information content (AvgIpc) is 2.79. The molecule has 128 valence electrons. The van der Waals surface area contributed by atoms with Crippen LogP contribution in [0.3, 0.4) is 0 Å². The van der Waals surface area contributed by atoms with Crippen LogP contribution < -0.4 is 5.32 Å². The van der Waals surface area contributed by atoms with Gasteiger partial charge in [0.1, 0.15) is 0 Å². The van der Waals surface area contributed by atoms with Gasteiger partial charge in [0.15, 0.2) is 0 Å². The SMILES string of the molecule is Cc1c(C(=O)NC2(C)CCCCC2C(=O)O)cnn1CC(C)C. The van der Waals surface area contributed by atoms with Gasteiger partial charge in [0.25, 0.3) is 5.91 Å². The Kier molecular flexibility index (Phi) is 5.12. The maximum absolute atomic E-state index is 12.6. The van der Waals surface area contributed by atoms with Crippen molar-refractivity contribution in [3.8, 4) is 0 Å². The normalized spacial score (nSPS) is 24.7. The molecular weight excluding hydrogens is 294 g/mol. The van der Waals surface area contributed by atoms with E-state index in [-0.39, 0.29) is 5.91 Å². The van der Waals surface area contributed by atoms with Crippen molar-refractivity contribution >= 4 is 11.9 Å². The predicted molar refractivity (Wildman–Crippen MR) is 87.3 cm³/mol. The van der Waals surface area contributed by atoms with E-state index >= 15 is 0 Å². The second-order valence-electron chi connectivity index (χ2n) is 7.23. The number of carbonyl (C=O) groups excluding carboxylic acids is 1. The minimum absolute atomic E-state index is 0.229. The van der Waals surface area contributed by atoms with E-state index in [1.807, 2.05) is 18.5 Å². The molecule has 0 aliphatic heterocycles. The lowest BCUT2D eigenvalue weighted by atomic mass is 9.73. The number of carboxylic acids is 1. The first-order valence-corrected chi connectivity index (χ1v) is 8.32. The summed E-state index contributed by atoms with van der Waals surface area (Å²) in [5.41, 5.74) is 0.650. The standard InChI is InChI=1S/C17H27N3O3/c1-11(2)10-20-12(3)13(9-18-20)15(21)19-17(4)8-6-5-7-14(17)16(22)23/h9,11,14H,5-8,10H2,1-4H3,(H,19,21)(H,22,23). The first-order chi connectivity index (χ1) is 10.7. The number of rotatable bonds is 5. The van der Waals surface area contributed by atoms with E-state index in [0.717, 1.165) is 25.1 Å². The molecule has 23 heavy (non-hydrogen) atoms. The largest absolute Gasteiger partial charge is 0.481 e. The smallest absolute Gasteiger partial charge is 0.308 e. The van der Waals surface area contributed by atoms with Crippen LogP contribution in [0.5, 0.6) is 0 Å². The van der Waals surface area contributed by atoms with Gasteiger partial charge in [0.05, 0.1) is 23.2 Å². The Morgan fingerprint density at radius 1 is 1.48 bits per heavy atom. The maximum Gasteiger partial charge on any atom is 0.308 e. The molecule has 2 rings (SSSR count). The molecule has 1 fully saturated rings. The Labute approximate surface area is 137 Å². The third-order valence-electron chi connectivity index (χ3n) is 4.79. The van der Waals surface area contributed by atoms with E-state index in [1.165, 1.54) is 0 Å².